The zero-order chi connectivity index (χ0) is 15.7. The Balaban J connectivity index is 2.35. The molecule has 3 nitrogen and oxygen atoms in total. The maximum Gasteiger partial charge on any atom is 0.255 e. The molecule has 7 heteroatoms. The summed E-state index contributed by atoms with van der Waals surface area (Å²) < 4.78 is 13.6. The molecule has 0 atom stereocenters. The van der Waals surface area contributed by atoms with Crippen LogP contribution in [0.2, 0.25) is 15.1 Å². The molecule has 0 aliphatic heterocycles. The van der Waals surface area contributed by atoms with Gasteiger partial charge in [-0.15, -0.1) is 0 Å². The predicted octanol–water partition coefficient (Wildman–Crippen LogP) is 4.93. The number of carbonyl (C=O) groups excluding carboxylic acids is 1. The van der Waals surface area contributed by atoms with Gasteiger partial charge in [0.25, 0.3) is 5.91 Å². The molecular weight excluding hydrogens is 338 g/mol. The third-order valence-electron chi connectivity index (χ3n) is 2.89. The van der Waals surface area contributed by atoms with Gasteiger partial charge < -0.3 is 11.1 Å². The Morgan fingerprint density at radius 1 is 1.14 bits per heavy atom. The van der Waals surface area contributed by atoms with Crippen LogP contribution in [-0.2, 0) is 0 Å². The van der Waals surface area contributed by atoms with E-state index in [9.17, 15) is 9.18 Å². The Kier molecular flexibility index (Phi) is 4.61. The van der Waals surface area contributed by atoms with Crippen LogP contribution in [0, 0.1) is 12.7 Å². The summed E-state index contributed by atoms with van der Waals surface area (Å²) in [5, 5.41) is 3.22. The van der Waals surface area contributed by atoms with Gasteiger partial charge in [-0.25, -0.2) is 4.39 Å². The maximum absolute atomic E-state index is 13.6. The van der Waals surface area contributed by atoms with Gasteiger partial charge in [-0.1, -0.05) is 34.8 Å². The summed E-state index contributed by atoms with van der Waals surface area (Å²) >= 11 is 17.7. The second-order valence-electron chi connectivity index (χ2n) is 4.37. The SMILES string of the molecule is Cc1c(N)cc(C(=O)Nc2c(Cl)cc(Cl)cc2Cl)cc1F. The maximum atomic E-state index is 13.6. The number of halogens is 4. The molecule has 21 heavy (non-hydrogen) atoms. The number of benzene rings is 2. The lowest BCUT2D eigenvalue weighted by atomic mass is 10.1. The fraction of sp³-hybridized carbons (Fsp3) is 0.0714. The van der Waals surface area contributed by atoms with E-state index in [0.717, 1.165) is 6.07 Å². The highest BCUT2D eigenvalue weighted by molar-refractivity contribution is 6.42. The van der Waals surface area contributed by atoms with E-state index in [4.69, 9.17) is 40.5 Å². The van der Waals surface area contributed by atoms with E-state index in [1.807, 2.05) is 0 Å². The summed E-state index contributed by atoms with van der Waals surface area (Å²) in [5.41, 5.74) is 6.39. The highest BCUT2D eigenvalue weighted by Crippen LogP contribution is 2.34. The number of nitrogens with one attached hydrogen (secondary N) is 1. The summed E-state index contributed by atoms with van der Waals surface area (Å²) in [4.78, 5) is 12.1. The fourth-order valence-electron chi connectivity index (χ4n) is 1.68. The molecule has 3 N–H and O–H groups in total. The predicted molar refractivity (Wildman–Crippen MR) is 85.0 cm³/mol. The van der Waals surface area contributed by atoms with Gasteiger partial charge in [0.15, 0.2) is 0 Å². The molecule has 0 saturated carbocycles. The van der Waals surface area contributed by atoms with Crippen LogP contribution in [0.5, 0.6) is 0 Å². The van der Waals surface area contributed by atoms with Crippen molar-refractivity contribution in [2.24, 2.45) is 0 Å². The third kappa shape index (κ3) is 3.40. The van der Waals surface area contributed by atoms with Crippen LogP contribution in [0.25, 0.3) is 0 Å². The van der Waals surface area contributed by atoms with Crippen molar-refractivity contribution in [3.63, 3.8) is 0 Å². The van der Waals surface area contributed by atoms with Crippen LogP contribution in [0.3, 0.4) is 0 Å². The van der Waals surface area contributed by atoms with Crippen molar-refractivity contribution in [2.75, 3.05) is 11.1 Å². The second kappa shape index (κ2) is 6.10. The van der Waals surface area contributed by atoms with E-state index < -0.39 is 11.7 Å². The first-order valence-electron chi connectivity index (χ1n) is 5.81. The lowest BCUT2D eigenvalue weighted by molar-refractivity contribution is 0.102. The van der Waals surface area contributed by atoms with Crippen LogP contribution in [0.4, 0.5) is 15.8 Å². The van der Waals surface area contributed by atoms with Crippen LogP contribution in [-0.4, -0.2) is 5.91 Å². The normalized spacial score (nSPS) is 10.5. The van der Waals surface area contributed by atoms with Crippen molar-refractivity contribution in [1.82, 2.24) is 0 Å². The standard InChI is InChI=1S/C14H10Cl3FN2O/c1-6-11(18)2-7(3-12(6)19)14(21)20-13-9(16)4-8(15)5-10(13)17/h2-5H,19H2,1H3,(H,20,21). The second-order valence-corrected chi connectivity index (χ2v) is 5.62. The molecule has 2 aromatic carbocycles. The number of hydrogen-bond donors (Lipinski definition) is 2. The molecule has 0 aliphatic carbocycles. The Labute approximate surface area is 135 Å². The van der Waals surface area contributed by atoms with E-state index in [1.165, 1.54) is 25.1 Å². The monoisotopic (exact) mass is 346 g/mol. The largest absolute Gasteiger partial charge is 0.398 e. The van der Waals surface area contributed by atoms with Gasteiger partial charge in [-0.3, -0.25) is 4.79 Å². The minimum Gasteiger partial charge on any atom is -0.398 e. The van der Waals surface area contributed by atoms with Crippen LogP contribution in [0.15, 0.2) is 24.3 Å². The number of hydrogen-bond acceptors (Lipinski definition) is 2. The van der Waals surface area contributed by atoms with Gasteiger partial charge in [0, 0.05) is 21.8 Å². The molecule has 0 unspecified atom stereocenters. The van der Waals surface area contributed by atoms with Gasteiger partial charge in [0.1, 0.15) is 5.82 Å². The van der Waals surface area contributed by atoms with E-state index in [-0.39, 0.29) is 32.5 Å². The number of carbonyl (C=O) groups is 1. The first kappa shape index (κ1) is 15.9. The van der Waals surface area contributed by atoms with Crippen molar-refractivity contribution >= 4 is 52.1 Å². The van der Waals surface area contributed by atoms with E-state index >= 15 is 0 Å². The molecule has 0 spiro atoms. The highest BCUT2D eigenvalue weighted by atomic mass is 35.5. The Bertz CT molecular complexity index is 688. The van der Waals surface area contributed by atoms with E-state index in [1.54, 1.807) is 0 Å². The van der Waals surface area contributed by atoms with E-state index in [2.05, 4.69) is 5.32 Å². The summed E-state index contributed by atoms with van der Waals surface area (Å²) in [6.45, 7) is 1.53. The third-order valence-corrected chi connectivity index (χ3v) is 3.71. The molecule has 0 aliphatic rings. The lowest BCUT2D eigenvalue weighted by Crippen LogP contribution is -2.14. The summed E-state index contributed by atoms with van der Waals surface area (Å²) in [5.74, 6) is -1.14. The highest BCUT2D eigenvalue weighted by Gasteiger charge is 2.15. The average Bonchev–Trinajstić information content (AvgIpc) is 2.39. The first-order valence-corrected chi connectivity index (χ1v) is 6.94. The average molecular weight is 348 g/mol. The van der Waals surface area contributed by atoms with Crippen molar-refractivity contribution in [2.45, 2.75) is 6.92 Å². The number of nitrogen functional groups attached to an aromatic ring is 1. The molecule has 0 bridgehead atoms. The molecule has 0 heterocycles. The number of anilines is 2. The zero-order valence-electron chi connectivity index (χ0n) is 10.8. The first-order chi connectivity index (χ1) is 9.79. The van der Waals surface area contributed by atoms with Crippen LogP contribution < -0.4 is 11.1 Å². The van der Waals surface area contributed by atoms with Crippen molar-refractivity contribution in [1.29, 1.82) is 0 Å². The zero-order valence-corrected chi connectivity index (χ0v) is 13.1. The van der Waals surface area contributed by atoms with E-state index in [0.29, 0.717) is 5.02 Å². The van der Waals surface area contributed by atoms with Crippen molar-refractivity contribution in [3.05, 3.63) is 56.3 Å². The Hall–Kier alpha value is -1.49. The molecule has 110 valence electrons. The van der Waals surface area contributed by atoms with Crippen LogP contribution >= 0.6 is 34.8 Å². The number of amides is 1. The summed E-state index contributed by atoms with van der Waals surface area (Å²) in [6.07, 6.45) is 0. The smallest absolute Gasteiger partial charge is 0.255 e. The van der Waals surface area contributed by atoms with Gasteiger partial charge in [-0.05, 0) is 31.2 Å². The Morgan fingerprint density at radius 3 is 2.24 bits per heavy atom. The van der Waals surface area contributed by atoms with Crippen LogP contribution in [0.1, 0.15) is 15.9 Å². The van der Waals surface area contributed by atoms with Gasteiger partial charge in [0.05, 0.1) is 15.7 Å². The topological polar surface area (TPSA) is 55.1 Å². The summed E-state index contributed by atoms with van der Waals surface area (Å²) in [6, 6.07) is 5.35. The fourth-order valence-corrected chi connectivity index (χ4v) is 2.59. The molecule has 0 radical (unpaired) electrons. The van der Waals surface area contributed by atoms with Gasteiger partial charge >= 0.3 is 0 Å². The van der Waals surface area contributed by atoms with Crippen molar-refractivity contribution in [3.8, 4) is 0 Å². The van der Waals surface area contributed by atoms with Gasteiger partial charge in [-0.2, -0.15) is 0 Å². The molecule has 0 aromatic heterocycles. The summed E-state index contributed by atoms with van der Waals surface area (Å²) in [7, 11) is 0. The van der Waals surface area contributed by atoms with Gasteiger partial charge in [0.2, 0.25) is 0 Å². The lowest BCUT2D eigenvalue weighted by Gasteiger charge is -2.11. The Morgan fingerprint density at radius 2 is 1.71 bits per heavy atom. The number of rotatable bonds is 2. The molecule has 1 amide bonds. The molecule has 2 aromatic rings. The molecular formula is C14H10Cl3FN2O. The minimum absolute atomic E-state index is 0.0673. The molecule has 0 fully saturated rings. The number of nitrogens with two attached hydrogens (primary N) is 1. The minimum atomic E-state index is -0.577. The van der Waals surface area contributed by atoms with Crippen molar-refractivity contribution < 1.29 is 9.18 Å². The molecule has 2 rings (SSSR count). The quantitative estimate of drug-likeness (QED) is 0.757. The molecule has 0 saturated heterocycles.